The topological polar surface area (TPSA) is 0 Å². The SMILES string of the molecule is CCCCC1=C(CCCC)C(c2cccc3ccccc23)=CC1. The minimum atomic E-state index is 1.16. The van der Waals surface area contributed by atoms with Crippen molar-refractivity contribution in [2.24, 2.45) is 0 Å². The van der Waals surface area contributed by atoms with Gasteiger partial charge in [-0.15, -0.1) is 0 Å². The fraction of sp³-hybridized carbons (Fsp3) is 0.391. The molecule has 0 saturated heterocycles. The number of benzene rings is 2. The van der Waals surface area contributed by atoms with Crippen LogP contribution in [0, 0.1) is 0 Å². The van der Waals surface area contributed by atoms with Gasteiger partial charge in [0, 0.05) is 0 Å². The van der Waals surface area contributed by atoms with Crippen molar-refractivity contribution in [3.63, 3.8) is 0 Å². The number of hydrogen-bond acceptors (Lipinski definition) is 0. The first-order valence-corrected chi connectivity index (χ1v) is 9.24. The molecule has 120 valence electrons. The van der Waals surface area contributed by atoms with Crippen molar-refractivity contribution < 1.29 is 0 Å². The Morgan fingerprint density at radius 1 is 0.826 bits per heavy atom. The Hall–Kier alpha value is -1.82. The van der Waals surface area contributed by atoms with Gasteiger partial charge in [0.05, 0.1) is 0 Å². The van der Waals surface area contributed by atoms with Gasteiger partial charge >= 0.3 is 0 Å². The lowest BCUT2D eigenvalue weighted by molar-refractivity contribution is 0.753. The molecule has 0 heterocycles. The summed E-state index contributed by atoms with van der Waals surface area (Å²) in [6.07, 6.45) is 11.3. The summed E-state index contributed by atoms with van der Waals surface area (Å²) >= 11 is 0. The van der Waals surface area contributed by atoms with Crippen LogP contribution in [0.3, 0.4) is 0 Å². The number of rotatable bonds is 7. The van der Waals surface area contributed by atoms with Crippen molar-refractivity contribution in [3.05, 3.63) is 65.3 Å². The average molecular weight is 304 g/mol. The first-order valence-electron chi connectivity index (χ1n) is 9.24. The van der Waals surface area contributed by atoms with Gasteiger partial charge in [-0.1, -0.05) is 80.8 Å². The molecule has 0 nitrogen and oxygen atoms in total. The smallest absolute Gasteiger partial charge is 0.0105 e. The second-order valence-corrected chi connectivity index (χ2v) is 6.64. The van der Waals surface area contributed by atoms with Crippen LogP contribution in [0.2, 0.25) is 0 Å². The molecule has 0 atom stereocenters. The summed E-state index contributed by atoms with van der Waals surface area (Å²) in [7, 11) is 0. The highest BCUT2D eigenvalue weighted by Crippen LogP contribution is 2.40. The molecule has 1 aliphatic rings. The van der Waals surface area contributed by atoms with Gasteiger partial charge in [-0.2, -0.15) is 0 Å². The van der Waals surface area contributed by atoms with E-state index in [1.54, 1.807) is 11.1 Å². The van der Waals surface area contributed by atoms with E-state index in [1.165, 1.54) is 60.4 Å². The molecule has 0 aliphatic heterocycles. The maximum atomic E-state index is 2.48. The van der Waals surface area contributed by atoms with Crippen LogP contribution in [0.5, 0.6) is 0 Å². The van der Waals surface area contributed by atoms with E-state index in [-0.39, 0.29) is 0 Å². The molecule has 0 spiro atoms. The standard InChI is InChI=1S/C23H28/c1-3-5-10-19-16-17-23(20(19)13-6-4-2)22-15-9-12-18-11-7-8-14-21(18)22/h7-9,11-12,14-15,17H,3-6,10,13,16H2,1-2H3. The van der Waals surface area contributed by atoms with Crippen LogP contribution >= 0.6 is 0 Å². The van der Waals surface area contributed by atoms with Crippen molar-refractivity contribution in [1.82, 2.24) is 0 Å². The molecule has 0 unspecified atom stereocenters. The Kier molecular flexibility index (Phi) is 5.33. The maximum Gasteiger partial charge on any atom is -0.0105 e. The number of allylic oxidation sites excluding steroid dienone is 4. The van der Waals surface area contributed by atoms with Crippen LogP contribution in [0.15, 0.2) is 59.7 Å². The lowest BCUT2D eigenvalue weighted by Crippen LogP contribution is -1.93. The predicted octanol–water partition coefficient (Wildman–Crippen LogP) is 7.30. The molecule has 0 saturated carbocycles. The number of fused-ring (bicyclic) bond motifs is 1. The molecular formula is C23H28. The first kappa shape index (κ1) is 16.1. The largest absolute Gasteiger partial charge is 0.0723 e. The summed E-state index contributed by atoms with van der Waals surface area (Å²) in [5.74, 6) is 0. The normalized spacial score (nSPS) is 14.6. The van der Waals surface area contributed by atoms with Crippen LogP contribution in [-0.4, -0.2) is 0 Å². The summed E-state index contributed by atoms with van der Waals surface area (Å²) in [4.78, 5) is 0. The van der Waals surface area contributed by atoms with E-state index in [0.717, 1.165) is 6.42 Å². The lowest BCUT2D eigenvalue weighted by Gasteiger charge is -2.14. The van der Waals surface area contributed by atoms with E-state index >= 15 is 0 Å². The van der Waals surface area contributed by atoms with Crippen LogP contribution in [0.1, 0.15) is 64.4 Å². The van der Waals surface area contributed by atoms with Crippen molar-refractivity contribution in [3.8, 4) is 0 Å². The molecule has 0 radical (unpaired) electrons. The van der Waals surface area contributed by atoms with Gasteiger partial charge in [0.25, 0.3) is 0 Å². The second-order valence-electron chi connectivity index (χ2n) is 6.64. The Labute approximate surface area is 140 Å². The summed E-state index contributed by atoms with van der Waals surface area (Å²) in [5.41, 5.74) is 6.29. The highest BCUT2D eigenvalue weighted by molar-refractivity contribution is 5.98. The monoisotopic (exact) mass is 304 g/mol. The molecule has 0 N–H and O–H groups in total. The molecule has 2 aromatic rings. The third-order valence-electron chi connectivity index (χ3n) is 5.00. The van der Waals surface area contributed by atoms with Crippen LogP contribution in [-0.2, 0) is 0 Å². The van der Waals surface area contributed by atoms with Crippen LogP contribution in [0.4, 0.5) is 0 Å². The van der Waals surface area contributed by atoms with Gasteiger partial charge in [-0.3, -0.25) is 0 Å². The van der Waals surface area contributed by atoms with E-state index in [9.17, 15) is 0 Å². The summed E-state index contributed by atoms with van der Waals surface area (Å²) in [6.45, 7) is 4.59. The maximum absolute atomic E-state index is 2.48. The minimum Gasteiger partial charge on any atom is -0.0723 e. The van der Waals surface area contributed by atoms with E-state index in [1.807, 2.05) is 0 Å². The molecular weight excluding hydrogens is 276 g/mol. The molecule has 0 heteroatoms. The third-order valence-corrected chi connectivity index (χ3v) is 5.00. The highest BCUT2D eigenvalue weighted by atomic mass is 14.2. The molecule has 3 rings (SSSR count). The van der Waals surface area contributed by atoms with Crippen molar-refractivity contribution in [2.45, 2.75) is 58.8 Å². The molecule has 23 heavy (non-hydrogen) atoms. The van der Waals surface area contributed by atoms with Gasteiger partial charge < -0.3 is 0 Å². The molecule has 0 bridgehead atoms. The summed E-state index contributed by atoms with van der Waals surface area (Å²) in [5, 5.41) is 2.75. The van der Waals surface area contributed by atoms with Crippen LogP contribution in [0.25, 0.3) is 16.3 Å². The minimum absolute atomic E-state index is 1.16. The number of unbranched alkanes of at least 4 members (excludes halogenated alkanes) is 2. The highest BCUT2D eigenvalue weighted by Gasteiger charge is 2.19. The van der Waals surface area contributed by atoms with Gasteiger partial charge in [0.2, 0.25) is 0 Å². The Morgan fingerprint density at radius 3 is 2.39 bits per heavy atom. The zero-order valence-electron chi connectivity index (χ0n) is 14.6. The Bertz CT molecular complexity index is 725. The zero-order valence-corrected chi connectivity index (χ0v) is 14.6. The molecule has 1 aliphatic carbocycles. The van der Waals surface area contributed by atoms with Gasteiger partial charge in [-0.05, 0) is 59.6 Å². The predicted molar refractivity (Wildman–Crippen MR) is 103 cm³/mol. The lowest BCUT2D eigenvalue weighted by atomic mass is 9.90. The first-order chi connectivity index (χ1) is 11.3. The quantitative estimate of drug-likeness (QED) is 0.503. The van der Waals surface area contributed by atoms with E-state index in [2.05, 4.69) is 62.4 Å². The van der Waals surface area contributed by atoms with E-state index < -0.39 is 0 Å². The molecule has 0 fully saturated rings. The summed E-state index contributed by atoms with van der Waals surface area (Å²) in [6, 6.07) is 15.5. The second kappa shape index (κ2) is 7.64. The average Bonchev–Trinajstić information content (AvgIpc) is 3.00. The van der Waals surface area contributed by atoms with Crippen molar-refractivity contribution >= 4 is 16.3 Å². The van der Waals surface area contributed by atoms with Crippen LogP contribution < -0.4 is 0 Å². The summed E-state index contributed by atoms with van der Waals surface area (Å²) < 4.78 is 0. The fourth-order valence-corrected chi connectivity index (χ4v) is 3.70. The third kappa shape index (κ3) is 3.42. The molecule has 0 aromatic heterocycles. The van der Waals surface area contributed by atoms with Gasteiger partial charge in [-0.25, -0.2) is 0 Å². The van der Waals surface area contributed by atoms with Crippen molar-refractivity contribution in [2.75, 3.05) is 0 Å². The van der Waals surface area contributed by atoms with E-state index in [4.69, 9.17) is 0 Å². The Balaban J connectivity index is 2.01. The molecule has 0 amide bonds. The van der Waals surface area contributed by atoms with Gasteiger partial charge in [0.15, 0.2) is 0 Å². The van der Waals surface area contributed by atoms with E-state index in [0.29, 0.717) is 0 Å². The fourth-order valence-electron chi connectivity index (χ4n) is 3.70. The Morgan fingerprint density at radius 2 is 1.57 bits per heavy atom. The molecule has 2 aromatic carbocycles. The zero-order chi connectivity index (χ0) is 16.1. The van der Waals surface area contributed by atoms with Crippen molar-refractivity contribution in [1.29, 1.82) is 0 Å². The van der Waals surface area contributed by atoms with Gasteiger partial charge in [0.1, 0.15) is 0 Å². The number of hydrogen-bond donors (Lipinski definition) is 0.